The second-order valence-electron chi connectivity index (χ2n) is 7.74. The van der Waals surface area contributed by atoms with E-state index in [0.717, 1.165) is 22.0 Å². The molecule has 0 aliphatic heterocycles. The van der Waals surface area contributed by atoms with Crippen LogP contribution >= 0.6 is 0 Å². The molecular formula is C27H28N2O4. The lowest BCUT2D eigenvalue weighted by Gasteiger charge is -2.23. The molecule has 33 heavy (non-hydrogen) atoms. The summed E-state index contributed by atoms with van der Waals surface area (Å²) in [6, 6.07) is 23.2. The van der Waals surface area contributed by atoms with Gasteiger partial charge in [0.2, 0.25) is 0 Å². The molecule has 3 aromatic carbocycles. The first-order chi connectivity index (χ1) is 16.1. The van der Waals surface area contributed by atoms with Gasteiger partial charge in [0, 0.05) is 35.1 Å². The van der Waals surface area contributed by atoms with Gasteiger partial charge in [-0.1, -0.05) is 48.5 Å². The van der Waals surface area contributed by atoms with Crippen molar-refractivity contribution in [2.75, 3.05) is 20.8 Å². The van der Waals surface area contributed by atoms with Gasteiger partial charge in [-0.25, -0.2) is 0 Å². The fourth-order valence-corrected chi connectivity index (χ4v) is 4.06. The summed E-state index contributed by atoms with van der Waals surface area (Å²) in [7, 11) is 3.24. The maximum absolute atomic E-state index is 12.9. The Balaban J connectivity index is 1.64. The van der Waals surface area contributed by atoms with E-state index in [4.69, 9.17) is 14.2 Å². The molecule has 0 aliphatic carbocycles. The Labute approximate surface area is 193 Å². The Hall–Kier alpha value is -3.93. The third kappa shape index (κ3) is 4.80. The number of rotatable bonds is 9. The molecule has 4 aromatic rings. The molecule has 0 bridgehead atoms. The molecule has 0 spiro atoms. The lowest BCUT2D eigenvalue weighted by molar-refractivity contribution is -0.127. The summed E-state index contributed by atoms with van der Waals surface area (Å²) in [6.07, 6.45) is 1.35. The number of nitrogens with one attached hydrogen (secondary N) is 2. The smallest absolute Gasteiger partial charge is 0.260 e. The number of aromatic nitrogens is 1. The molecule has 1 heterocycles. The van der Waals surface area contributed by atoms with Crippen LogP contribution in [0, 0.1) is 0 Å². The molecule has 0 aliphatic rings. The Morgan fingerprint density at radius 3 is 2.42 bits per heavy atom. The number of fused-ring (bicyclic) bond motifs is 1. The first-order valence-electron chi connectivity index (χ1n) is 10.9. The van der Waals surface area contributed by atoms with Gasteiger partial charge in [0.05, 0.1) is 14.2 Å². The standard InChI is InChI=1S/C27H28N2O4/c1-18(33-19-10-5-4-6-11-19)27(30)29-17-23(21-13-9-15-25(31-2)26(21)32-3)22-16-28-24-14-8-7-12-20(22)24/h4-16,18,23,28H,17H2,1-3H3,(H,29,30). The monoisotopic (exact) mass is 444 g/mol. The molecule has 1 amide bonds. The summed E-state index contributed by atoms with van der Waals surface area (Å²) >= 11 is 0. The summed E-state index contributed by atoms with van der Waals surface area (Å²) in [4.78, 5) is 16.2. The van der Waals surface area contributed by atoms with Crippen LogP contribution in [0.4, 0.5) is 0 Å². The van der Waals surface area contributed by atoms with Crippen molar-refractivity contribution in [3.63, 3.8) is 0 Å². The minimum atomic E-state index is -0.636. The van der Waals surface area contributed by atoms with E-state index in [2.05, 4.69) is 16.4 Å². The van der Waals surface area contributed by atoms with E-state index < -0.39 is 6.10 Å². The Bertz CT molecular complexity index is 1220. The van der Waals surface area contributed by atoms with E-state index in [-0.39, 0.29) is 11.8 Å². The number of ether oxygens (including phenoxy) is 3. The normalized spacial score (nSPS) is 12.7. The highest BCUT2D eigenvalue weighted by atomic mass is 16.5. The van der Waals surface area contributed by atoms with E-state index in [9.17, 15) is 4.79 Å². The van der Waals surface area contributed by atoms with E-state index in [1.165, 1.54) is 0 Å². The lowest BCUT2D eigenvalue weighted by Crippen LogP contribution is -2.38. The summed E-state index contributed by atoms with van der Waals surface area (Å²) in [6.45, 7) is 2.11. The number of methoxy groups -OCH3 is 2. The van der Waals surface area contributed by atoms with Gasteiger partial charge < -0.3 is 24.5 Å². The second-order valence-corrected chi connectivity index (χ2v) is 7.74. The summed E-state index contributed by atoms with van der Waals surface area (Å²) in [5.74, 6) is 1.59. The van der Waals surface area contributed by atoms with Crippen LogP contribution in [0.3, 0.4) is 0 Å². The number of amides is 1. The number of aromatic amines is 1. The van der Waals surface area contributed by atoms with Crippen molar-refractivity contribution in [3.8, 4) is 17.2 Å². The van der Waals surface area contributed by atoms with Crippen LogP contribution in [-0.4, -0.2) is 37.8 Å². The number of para-hydroxylation sites is 3. The van der Waals surface area contributed by atoms with Gasteiger partial charge in [-0.3, -0.25) is 4.79 Å². The number of carbonyl (C=O) groups is 1. The summed E-state index contributed by atoms with van der Waals surface area (Å²) < 4.78 is 17.0. The Morgan fingerprint density at radius 1 is 0.909 bits per heavy atom. The maximum Gasteiger partial charge on any atom is 0.260 e. The average Bonchev–Trinajstić information content (AvgIpc) is 3.28. The quantitative estimate of drug-likeness (QED) is 0.385. The second kappa shape index (κ2) is 10.1. The largest absolute Gasteiger partial charge is 0.493 e. The Kier molecular flexibility index (Phi) is 6.83. The number of carbonyl (C=O) groups excluding carboxylic acids is 1. The van der Waals surface area contributed by atoms with Crippen LogP contribution in [0.1, 0.15) is 24.0 Å². The highest BCUT2D eigenvalue weighted by Crippen LogP contribution is 2.40. The molecule has 170 valence electrons. The first-order valence-corrected chi connectivity index (χ1v) is 10.9. The zero-order valence-corrected chi connectivity index (χ0v) is 19.0. The first kappa shape index (κ1) is 22.3. The summed E-state index contributed by atoms with van der Waals surface area (Å²) in [5.41, 5.74) is 3.03. The molecule has 2 atom stereocenters. The van der Waals surface area contributed by atoms with Gasteiger partial charge in [0.1, 0.15) is 5.75 Å². The SMILES string of the molecule is COc1cccc(C(CNC(=O)C(C)Oc2ccccc2)c2c[nH]c3ccccc23)c1OC. The van der Waals surface area contributed by atoms with Crippen molar-refractivity contribution < 1.29 is 19.0 Å². The van der Waals surface area contributed by atoms with E-state index >= 15 is 0 Å². The molecule has 6 heteroatoms. The van der Waals surface area contributed by atoms with Gasteiger partial charge >= 0.3 is 0 Å². The predicted octanol–water partition coefficient (Wildman–Crippen LogP) is 4.90. The Morgan fingerprint density at radius 2 is 1.67 bits per heavy atom. The van der Waals surface area contributed by atoms with Crippen LogP contribution in [0.25, 0.3) is 10.9 Å². The topological polar surface area (TPSA) is 72.6 Å². The molecule has 0 saturated carbocycles. The predicted molar refractivity (Wildman–Crippen MR) is 129 cm³/mol. The van der Waals surface area contributed by atoms with E-state index in [1.807, 2.05) is 72.9 Å². The van der Waals surface area contributed by atoms with Gasteiger partial charge in [0.15, 0.2) is 17.6 Å². The lowest BCUT2D eigenvalue weighted by atomic mass is 9.89. The molecule has 0 fully saturated rings. The minimum Gasteiger partial charge on any atom is -0.493 e. The molecule has 4 rings (SSSR count). The number of benzene rings is 3. The van der Waals surface area contributed by atoms with Crippen molar-refractivity contribution in [3.05, 3.63) is 90.1 Å². The van der Waals surface area contributed by atoms with E-state index in [1.54, 1.807) is 21.1 Å². The highest BCUT2D eigenvalue weighted by molar-refractivity contribution is 5.85. The van der Waals surface area contributed by atoms with Crippen LogP contribution in [0.2, 0.25) is 0 Å². The van der Waals surface area contributed by atoms with Crippen molar-refractivity contribution >= 4 is 16.8 Å². The van der Waals surface area contributed by atoms with Crippen LogP contribution in [0.5, 0.6) is 17.2 Å². The zero-order valence-electron chi connectivity index (χ0n) is 19.0. The van der Waals surface area contributed by atoms with Gasteiger partial charge in [-0.15, -0.1) is 0 Å². The molecule has 0 saturated heterocycles. The average molecular weight is 445 g/mol. The summed E-state index contributed by atoms with van der Waals surface area (Å²) in [5, 5.41) is 4.16. The zero-order chi connectivity index (χ0) is 23.2. The van der Waals surface area contributed by atoms with Crippen molar-refractivity contribution in [1.29, 1.82) is 0 Å². The maximum atomic E-state index is 12.9. The number of hydrogen-bond acceptors (Lipinski definition) is 4. The fraction of sp³-hybridized carbons (Fsp3) is 0.222. The van der Waals surface area contributed by atoms with E-state index in [0.29, 0.717) is 23.8 Å². The van der Waals surface area contributed by atoms with Gasteiger partial charge in [-0.2, -0.15) is 0 Å². The molecule has 1 aromatic heterocycles. The van der Waals surface area contributed by atoms with Crippen molar-refractivity contribution in [1.82, 2.24) is 10.3 Å². The van der Waals surface area contributed by atoms with Crippen molar-refractivity contribution in [2.45, 2.75) is 18.9 Å². The third-order valence-electron chi connectivity index (χ3n) is 5.71. The van der Waals surface area contributed by atoms with Gasteiger partial charge in [0.25, 0.3) is 5.91 Å². The minimum absolute atomic E-state index is 0.168. The van der Waals surface area contributed by atoms with Crippen LogP contribution in [0.15, 0.2) is 79.0 Å². The van der Waals surface area contributed by atoms with Gasteiger partial charge in [-0.05, 0) is 36.8 Å². The van der Waals surface area contributed by atoms with Crippen LogP contribution < -0.4 is 19.5 Å². The third-order valence-corrected chi connectivity index (χ3v) is 5.71. The molecule has 6 nitrogen and oxygen atoms in total. The highest BCUT2D eigenvalue weighted by Gasteiger charge is 2.25. The molecule has 0 radical (unpaired) electrons. The molecular weight excluding hydrogens is 416 g/mol. The molecule has 2 unspecified atom stereocenters. The number of hydrogen-bond donors (Lipinski definition) is 2. The fourth-order valence-electron chi connectivity index (χ4n) is 4.06. The number of H-pyrrole nitrogens is 1. The molecule has 2 N–H and O–H groups in total. The van der Waals surface area contributed by atoms with Crippen LogP contribution in [-0.2, 0) is 4.79 Å². The van der Waals surface area contributed by atoms with Crippen molar-refractivity contribution in [2.24, 2.45) is 0 Å².